The van der Waals surface area contributed by atoms with Crippen LogP contribution in [0.5, 0.6) is 0 Å². The Morgan fingerprint density at radius 3 is 2.18 bits per heavy atom. The van der Waals surface area contributed by atoms with Crippen LogP contribution in [0.1, 0.15) is 38.5 Å². The predicted molar refractivity (Wildman–Crippen MR) is 67.2 cm³/mol. The molecule has 96 valence electrons. The Morgan fingerprint density at radius 2 is 1.65 bits per heavy atom. The summed E-state index contributed by atoms with van der Waals surface area (Å²) in [7, 11) is 0. The maximum absolute atomic E-state index is 11.5. The average molecular weight is 236 g/mol. The second-order valence-corrected chi connectivity index (χ2v) is 6.44. The van der Waals surface area contributed by atoms with Crippen molar-refractivity contribution in [2.24, 2.45) is 35.3 Å². The Kier molecular flexibility index (Phi) is 3.12. The smallest absolute Gasteiger partial charge is 0.221 e. The van der Waals surface area contributed by atoms with Crippen LogP contribution in [-0.2, 0) is 4.79 Å². The van der Waals surface area contributed by atoms with Gasteiger partial charge in [-0.25, -0.2) is 0 Å². The first-order valence-electron chi connectivity index (χ1n) is 7.23. The lowest BCUT2D eigenvalue weighted by Gasteiger charge is -2.54. The van der Waals surface area contributed by atoms with Gasteiger partial charge in [-0.15, -0.1) is 0 Å². The third-order valence-corrected chi connectivity index (χ3v) is 5.33. The van der Waals surface area contributed by atoms with E-state index < -0.39 is 0 Å². The molecule has 17 heavy (non-hydrogen) atoms. The summed E-state index contributed by atoms with van der Waals surface area (Å²) in [6, 6.07) is 0. The molecule has 0 aromatic rings. The fraction of sp³-hybridized carbons (Fsp3) is 0.929. The van der Waals surface area contributed by atoms with E-state index in [-0.39, 0.29) is 5.91 Å². The molecule has 4 aliphatic carbocycles. The first-order valence-corrected chi connectivity index (χ1v) is 7.23. The summed E-state index contributed by atoms with van der Waals surface area (Å²) < 4.78 is 0. The van der Waals surface area contributed by atoms with Gasteiger partial charge < -0.3 is 11.1 Å². The summed E-state index contributed by atoms with van der Waals surface area (Å²) in [5.74, 6) is 4.77. The highest BCUT2D eigenvalue weighted by Gasteiger charge is 2.47. The molecule has 3 heteroatoms. The lowest BCUT2D eigenvalue weighted by atomic mass is 9.52. The number of hydrogen-bond acceptors (Lipinski definition) is 2. The topological polar surface area (TPSA) is 55.1 Å². The summed E-state index contributed by atoms with van der Waals surface area (Å²) in [4.78, 5) is 11.5. The fourth-order valence-corrected chi connectivity index (χ4v) is 4.82. The van der Waals surface area contributed by atoms with E-state index in [2.05, 4.69) is 5.32 Å². The van der Waals surface area contributed by atoms with Crippen LogP contribution in [0.25, 0.3) is 0 Å². The molecule has 0 aromatic heterocycles. The van der Waals surface area contributed by atoms with Gasteiger partial charge in [0.05, 0.1) is 0 Å². The summed E-state index contributed by atoms with van der Waals surface area (Å²) in [6.45, 7) is 1.38. The molecule has 1 amide bonds. The van der Waals surface area contributed by atoms with Gasteiger partial charge >= 0.3 is 0 Å². The number of rotatable bonds is 4. The second-order valence-electron chi connectivity index (χ2n) is 6.44. The van der Waals surface area contributed by atoms with Gasteiger partial charge in [-0.05, 0) is 61.7 Å². The Labute approximate surface area is 104 Å². The Hall–Kier alpha value is -0.570. The van der Waals surface area contributed by atoms with Crippen LogP contribution in [0, 0.1) is 29.6 Å². The zero-order chi connectivity index (χ0) is 11.8. The van der Waals surface area contributed by atoms with E-state index in [0.717, 1.165) is 36.1 Å². The van der Waals surface area contributed by atoms with E-state index in [4.69, 9.17) is 5.73 Å². The lowest BCUT2D eigenvalue weighted by molar-refractivity contribution is -0.122. The van der Waals surface area contributed by atoms with E-state index in [0.29, 0.717) is 13.0 Å². The van der Waals surface area contributed by atoms with Crippen molar-refractivity contribution in [1.82, 2.24) is 5.32 Å². The molecule has 0 spiro atoms. The van der Waals surface area contributed by atoms with Crippen molar-refractivity contribution in [1.29, 1.82) is 0 Å². The van der Waals surface area contributed by atoms with Crippen molar-refractivity contribution in [3.8, 4) is 0 Å². The molecule has 0 heterocycles. The number of nitrogens with one attached hydrogen (secondary N) is 1. The Bertz CT molecular complexity index is 275. The monoisotopic (exact) mass is 236 g/mol. The highest BCUT2D eigenvalue weighted by atomic mass is 16.1. The predicted octanol–water partition coefficient (Wildman–Crippen LogP) is 1.52. The van der Waals surface area contributed by atoms with Gasteiger partial charge in [0.25, 0.3) is 0 Å². The molecule has 3 N–H and O–H groups in total. The standard InChI is InChI=1S/C14H24N2O/c15-2-1-14(17)16-8-13-11-4-9-3-10(6-11)7-12(13)5-9/h9-13H,1-8,15H2,(H,16,17). The molecule has 3 nitrogen and oxygen atoms in total. The van der Waals surface area contributed by atoms with Crippen LogP contribution < -0.4 is 11.1 Å². The van der Waals surface area contributed by atoms with Crippen LogP contribution >= 0.6 is 0 Å². The van der Waals surface area contributed by atoms with Gasteiger partial charge in [0.1, 0.15) is 0 Å². The molecule has 0 aliphatic heterocycles. The largest absolute Gasteiger partial charge is 0.356 e. The van der Waals surface area contributed by atoms with E-state index in [1.54, 1.807) is 0 Å². The second kappa shape index (κ2) is 4.60. The molecule has 4 fully saturated rings. The zero-order valence-electron chi connectivity index (χ0n) is 10.5. The van der Waals surface area contributed by atoms with E-state index in [9.17, 15) is 4.79 Å². The molecule has 0 atom stereocenters. The van der Waals surface area contributed by atoms with Crippen molar-refractivity contribution in [3.63, 3.8) is 0 Å². The van der Waals surface area contributed by atoms with Gasteiger partial charge in [0.15, 0.2) is 0 Å². The average Bonchev–Trinajstić information content (AvgIpc) is 2.27. The molecule has 0 aromatic carbocycles. The molecule has 0 radical (unpaired) electrons. The van der Waals surface area contributed by atoms with Gasteiger partial charge in [-0.1, -0.05) is 0 Å². The Balaban J connectivity index is 1.55. The maximum atomic E-state index is 11.5. The van der Waals surface area contributed by atoms with Crippen molar-refractivity contribution in [2.75, 3.05) is 13.1 Å². The minimum absolute atomic E-state index is 0.140. The molecule has 4 bridgehead atoms. The molecule has 4 rings (SSSR count). The Morgan fingerprint density at radius 1 is 1.06 bits per heavy atom. The number of hydrogen-bond donors (Lipinski definition) is 2. The van der Waals surface area contributed by atoms with Crippen LogP contribution in [0.4, 0.5) is 0 Å². The van der Waals surface area contributed by atoms with E-state index in [1.807, 2.05) is 0 Å². The number of carbonyl (C=O) groups is 1. The van der Waals surface area contributed by atoms with Crippen LogP contribution in [-0.4, -0.2) is 19.0 Å². The zero-order valence-corrected chi connectivity index (χ0v) is 10.5. The van der Waals surface area contributed by atoms with Crippen molar-refractivity contribution >= 4 is 5.91 Å². The normalized spacial score (nSPS) is 42.8. The van der Waals surface area contributed by atoms with Gasteiger partial charge in [-0.3, -0.25) is 4.79 Å². The quantitative estimate of drug-likeness (QED) is 0.777. The summed E-state index contributed by atoms with van der Waals surface area (Å²) in [5, 5.41) is 3.09. The van der Waals surface area contributed by atoms with Crippen LogP contribution in [0.2, 0.25) is 0 Å². The van der Waals surface area contributed by atoms with Crippen molar-refractivity contribution < 1.29 is 4.79 Å². The fourth-order valence-electron chi connectivity index (χ4n) is 4.82. The SMILES string of the molecule is NCCC(=O)NCC1C2CC3CC(C2)CC1C3. The minimum Gasteiger partial charge on any atom is -0.356 e. The molecule has 4 aliphatic rings. The highest BCUT2D eigenvalue weighted by Crippen LogP contribution is 2.56. The minimum atomic E-state index is 0.140. The van der Waals surface area contributed by atoms with Crippen LogP contribution in [0.15, 0.2) is 0 Å². The van der Waals surface area contributed by atoms with Crippen molar-refractivity contribution in [3.05, 3.63) is 0 Å². The molecule has 0 saturated heterocycles. The number of amides is 1. The van der Waals surface area contributed by atoms with E-state index >= 15 is 0 Å². The molecule has 0 unspecified atom stereocenters. The van der Waals surface area contributed by atoms with Gasteiger partial charge in [0, 0.05) is 19.5 Å². The van der Waals surface area contributed by atoms with Crippen LogP contribution in [0.3, 0.4) is 0 Å². The number of carbonyl (C=O) groups excluding carboxylic acids is 1. The summed E-state index contributed by atoms with van der Waals surface area (Å²) >= 11 is 0. The number of nitrogens with two attached hydrogens (primary N) is 1. The molecule has 4 saturated carbocycles. The maximum Gasteiger partial charge on any atom is 0.221 e. The van der Waals surface area contributed by atoms with Crippen molar-refractivity contribution in [2.45, 2.75) is 38.5 Å². The summed E-state index contributed by atoms with van der Waals surface area (Å²) in [5.41, 5.74) is 5.39. The molecular weight excluding hydrogens is 212 g/mol. The van der Waals surface area contributed by atoms with E-state index in [1.165, 1.54) is 32.1 Å². The third kappa shape index (κ3) is 2.22. The third-order valence-electron chi connectivity index (χ3n) is 5.33. The first-order chi connectivity index (χ1) is 8.26. The molecular formula is C14H24N2O. The lowest BCUT2D eigenvalue weighted by Crippen LogP contribution is -2.49. The highest BCUT2D eigenvalue weighted by molar-refractivity contribution is 5.76. The van der Waals surface area contributed by atoms with Gasteiger partial charge in [-0.2, -0.15) is 0 Å². The first kappa shape index (κ1) is 11.5. The van der Waals surface area contributed by atoms with Gasteiger partial charge in [0.2, 0.25) is 5.91 Å². The summed E-state index contributed by atoms with van der Waals surface area (Å²) in [6.07, 6.45) is 7.72.